The van der Waals surface area contributed by atoms with Gasteiger partial charge < -0.3 is 15.4 Å². The number of aliphatic imine (C=N–C) groups is 1. The molecule has 2 rings (SSSR count). The maximum atomic E-state index is 13.3. The number of guanidine groups is 1. The van der Waals surface area contributed by atoms with Crippen molar-refractivity contribution in [3.8, 4) is 5.75 Å². The molecule has 1 aromatic carbocycles. The monoisotopic (exact) mass is 364 g/mol. The summed E-state index contributed by atoms with van der Waals surface area (Å²) >= 11 is 1.61. The van der Waals surface area contributed by atoms with E-state index in [1.54, 1.807) is 23.5 Å². The van der Waals surface area contributed by atoms with E-state index < -0.39 is 0 Å². The smallest absolute Gasteiger partial charge is 0.191 e. The molecule has 0 aliphatic heterocycles. The lowest BCUT2D eigenvalue weighted by molar-refractivity contribution is 0.198. The summed E-state index contributed by atoms with van der Waals surface area (Å²) in [5, 5.41) is 6.52. The highest BCUT2D eigenvalue weighted by atomic mass is 32.1. The highest BCUT2D eigenvalue weighted by molar-refractivity contribution is 7.09. The molecule has 0 radical (unpaired) electrons. The average molecular weight is 364 g/mol. The number of rotatable bonds is 8. The number of halogens is 1. The van der Waals surface area contributed by atoms with Crippen molar-refractivity contribution in [3.63, 3.8) is 0 Å². The molecule has 0 aliphatic rings. The third-order valence-corrected chi connectivity index (χ3v) is 4.54. The van der Waals surface area contributed by atoms with Gasteiger partial charge in [-0.15, -0.1) is 11.3 Å². The van der Waals surface area contributed by atoms with Crippen molar-refractivity contribution in [1.82, 2.24) is 15.6 Å². The molecular weight excluding hydrogens is 339 g/mol. The zero-order valence-electron chi connectivity index (χ0n) is 14.9. The zero-order valence-corrected chi connectivity index (χ0v) is 15.7. The van der Waals surface area contributed by atoms with E-state index in [1.807, 2.05) is 26.3 Å². The van der Waals surface area contributed by atoms with Gasteiger partial charge in [-0.05, 0) is 32.4 Å². The minimum absolute atomic E-state index is 0.0733. The van der Waals surface area contributed by atoms with Crippen molar-refractivity contribution in [1.29, 1.82) is 0 Å². The largest absolute Gasteiger partial charge is 0.489 e. The Hall–Kier alpha value is -2.15. The van der Waals surface area contributed by atoms with Crippen molar-refractivity contribution < 1.29 is 9.13 Å². The van der Waals surface area contributed by atoms with Crippen LogP contribution in [0.4, 0.5) is 4.39 Å². The van der Waals surface area contributed by atoms with Crippen molar-refractivity contribution in [2.24, 2.45) is 4.99 Å². The molecule has 2 N–H and O–H groups in total. The number of aryl methyl sites for hydroxylation is 1. The van der Waals surface area contributed by atoms with Crippen LogP contribution in [-0.2, 0) is 6.54 Å². The fourth-order valence-electron chi connectivity index (χ4n) is 2.18. The van der Waals surface area contributed by atoms with E-state index in [2.05, 4.69) is 20.6 Å². The second kappa shape index (κ2) is 9.98. The maximum Gasteiger partial charge on any atom is 0.191 e. The number of ether oxygens (including phenoxy) is 1. The lowest BCUT2D eigenvalue weighted by atomic mass is 10.2. The maximum absolute atomic E-state index is 13.3. The molecule has 1 unspecified atom stereocenters. The number of aromatic nitrogens is 1. The normalized spacial score (nSPS) is 12.7. The van der Waals surface area contributed by atoms with Crippen LogP contribution >= 0.6 is 11.3 Å². The van der Waals surface area contributed by atoms with E-state index in [1.165, 1.54) is 12.1 Å². The first kappa shape index (κ1) is 19.2. The summed E-state index contributed by atoms with van der Waals surface area (Å²) in [4.78, 5) is 9.99. The minimum atomic E-state index is -0.296. The predicted molar refractivity (Wildman–Crippen MR) is 101 cm³/mol. The Bertz CT molecular complexity index is 689. The quantitative estimate of drug-likeness (QED) is 0.556. The van der Waals surface area contributed by atoms with Gasteiger partial charge in [0.25, 0.3) is 0 Å². The van der Waals surface area contributed by atoms with Crippen LogP contribution in [0, 0.1) is 12.7 Å². The fourth-order valence-corrected chi connectivity index (χ4v) is 2.88. The molecule has 7 heteroatoms. The predicted octanol–water partition coefficient (Wildman–Crippen LogP) is 3.50. The minimum Gasteiger partial charge on any atom is -0.489 e. The van der Waals surface area contributed by atoms with Crippen LogP contribution < -0.4 is 15.4 Å². The molecule has 0 aliphatic carbocycles. The number of nitrogens with one attached hydrogen (secondary N) is 2. The van der Waals surface area contributed by atoms with Gasteiger partial charge in [-0.2, -0.15) is 0 Å². The molecule has 1 aromatic heterocycles. The first-order valence-electron chi connectivity index (χ1n) is 8.45. The van der Waals surface area contributed by atoms with E-state index in [-0.39, 0.29) is 11.9 Å². The Morgan fingerprint density at radius 1 is 1.36 bits per heavy atom. The Morgan fingerprint density at radius 2 is 2.20 bits per heavy atom. The van der Waals surface area contributed by atoms with Gasteiger partial charge in [0.15, 0.2) is 5.96 Å². The van der Waals surface area contributed by atoms with Gasteiger partial charge >= 0.3 is 0 Å². The Balaban J connectivity index is 1.92. The highest BCUT2D eigenvalue weighted by Crippen LogP contribution is 2.15. The number of benzene rings is 1. The average Bonchev–Trinajstić information content (AvgIpc) is 3.01. The lowest BCUT2D eigenvalue weighted by Gasteiger charge is -2.20. The van der Waals surface area contributed by atoms with Gasteiger partial charge in [-0.25, -0.2) is 14.4 Å². The summed E-state index contributed by atoms with van der Waals surface area (Å²) in [6, 6.07) is 6.21. The first-order valence-corrected chi connectivity index (χ1v) is 9.33. The second-order valence-corrected chi connectivity index (χ2v) is 6.48. The van der Waals surface area contributed by atoms with E-state index in [0.717, 1.165) is 29.5 Å². The molecule has 0 amide bonds. The van der Waals surface area contributed by atoms with E-state index in [4.69, 9.17) is 4.74 Å². The van der Waals surface area contributed by atoms with Gasteiger partial charge in [-0.1, -0.05) is 13.0 Å². The third kappa shape index (κ3) is 6.34. The SMILES string of the molecule is CCNC(=NCc1scnc1C)NCC(CC)Oc1cccc(F)c1. The number of hydrogen-bond acceptors (Lipinski definition) is 4. The topological polar surface area (TPSA) is 58.5 Å². The van der Waals surface area contributed by atoms with Gasteiger partial charge in [0.1, 0.15) is 17.7 Å². The van der Waals surface area contributed by atoms with Crippen LogP contribution in [0.1, 0.15) is 30.8 Å². The van der Waals surface area contributed by atoms with Gasteiger partial charge in [-0.3, -0.25) is 0 Å². The van der Waals surface area contributed by atoms with Gasteiger partial charge in [0.05, 0.1) is 24.3 Å². The molecule has 25 heavy (non-hydrogen) atoms. The van der Waals surface area contributed by atoms with Crippen molar-refractivity contribution in [3.05, 3.63) is 46.2 Å². The molecule has 1 heterocycles. The summed E-state index contributed by atoms with van der Waals surface area (Å²) in [7, 11) is 0. The molecule has 0 bridgehead atoms. The molecule has 0 fully saturated rings. The molecule has 0 saturated heterocycles. The summed E-state index contributed by atoms with van der Waals surface area (Å²) < 4.78 is 19.1. The molecule has 0 saturated carbocycles. The molecule has 136 valence electrons. The van der Waals surface area contributed by atoms with Crippen LogP contribution in [0.3, 0.4) is 0 Å². The lowest BCUT2D eigenvalue weighted by Crippen LogP contribution is -2.42. The molecule has 1 atom stereocenters. The summed E-state index contributed by atoms with van der Waals surface area (Å²) in [5.41, 5.74) is 2.85. The van der Waals surface area contributed by atoms with Crippen LogP contribution in [-0.4, -0.2) is 30.1 Å². The molecule has 0 spiro atoms. The number of thiazole rings is 1. The van der Waals surface area contributed by atoms with Gasteiger partial charge in [0, 0.05) is 17.5 Å². The van der Waals surface area contributed by atoms with Crippen LogP contribution in [0.15, 0.2) is 34.8 Å². The van der Waals surface area contributed by atoms with Crippen molar-refractivity contribution in [2.75, 3.05) is 13.1 Å². The van der Waals surface area contributed by atoms with Crippen molar-refractivity contribution >= 4 is 17.3 Å². The summed E-state index contributed by atoms with van der Waals surface area (Å²) in [5.74, 6) is 0.975. The third-order valence-electron chi connectivity index (χ3n) is 3.62. The fraction of sp³-hybridized carbons (Fsp3) is 0.444. The zero-order chi connectivity index (χ0) is 18.1. The van der Waals surface area contributed by atoms with Crippen LogP contribution in [0.25, 0.3) is 0 Å². The Morgan fingerprint density at radius 3 is 2.84 bits per heavy atom. The number of nitrogens with zero attached hydrogens (tertiary/aromatic N) is 2. The van der Waals surface area contributed by atoms with Crippen LogP contribution in [0.5, 0.6) is 5.75 Å². The molecular formula is C18H25FN4OS. The molecule has 2 aromatic rings. The molecule has 5 nitrogen and oxygen atoms in total. The van der Waals surface area contributed by atoms with E-state index in [9.17, 15) is 4.39 Å². The van der Waals surface area contributed by atoms with E-state index in [0.29, 0.717) is 18.8 Å². The Labute approximate surface area is 152 Å². The van der Waals surface area contributed by atoms with Crippen LogP contribution in [0.2, 0.25) is 0 Å². The second-order valence-electron chi connectivity index (χ2n) is 5.54. The summed E-state index contributed by atoms with van der Waals surface area (Å²) in [6.45, 7) is 8.00. The first-order chi connectivity index (χ1) is 12.1. The Kier molecular flexibility index (Phi) is 7.66. The van der Waals surface area contributed by atoms with Gasteiger partial charge in [0.2, 0.25) is 0 Å². The van der Waals surface area contributed by atoms with Crippen molar-refractivity contribution in [2.45, 2.75) is 39.8 Å². The number of hydrogen-bond donors (Lipinski definition) is 2. The summed E-state index contributed by atoms with van der Waals surface area (Å²) in [6.07, 6.45) is 0.729. The van der Waals surface area contributed by atoms with E-state index >= 15 is 0 Å². The standard InChI is InChI=1S/C18H25FN4OS/c1-4-15(24-16-8-6-7-14(19)9-16)10-21-18(20-5-2)22-11-17-13(3)23-12-25-17/h6-9,12,15H,4-5,10-11H2,1-3H3,(H2,20,21,22). The highest BCUT2D eigenvalue weighted by Gasteiger charge is 2.10.